The Morgan fingerprint density at radius 1 is 1.29 bits per heavy atom. The highest BCUT2D eigenvalue weighted by atomic mass is 35.5. The SMILES string of the molecule is Cc1ccc(F)cc1-c1cc(Cl)ncc1CN. The van der Waals surface area contributed by atoms with Crippen LogP contribution in [0.3, 0.4) is 0 Å². The minimum atomic E-state index is -0.276. The Morgan fingerprint density at radius 3 is 2.76 bits per heavy atom. The number of aromatic nitrogens is 1. The molecule has 0 aliphatic carbocycles. The van der Waals surface area contributed by atoms with E-state index in [0.717, 1.165) is 22.3 Å². The first-order valence-electron chi connectivity index (χ1n) is 5.23. The molecule has 0 fully saturated rings. The molecule has 0 amide bonds. The van der Waals surface area contributed by atoms with Gasteiger partial charge >= 0.3 is 0 Å². The van der Waals surface area contributed by atoms with Crippen molar-refractivity contribution in [2.24, 2.45) is 5.73 Å². The molecule has 0 radical (unpaired) electrons. The van der Waals surface area contributed by atoms with E-state index in [4.69, 9.17) is 17.3 Å². The first-order valence-corrected chi connectivity index (χ1v) is 5.60. The van der Waals surface area contributed by atoms with Crippen LogP contribution in [0.1, 0.15) is 11.1 Å². The summed E-state index contributed by atoms with van der Waals surface area (Å²) in [5.74, 6) is -0.276. The van der Waals surface area contributed by atoms with Crippen molar-refractivity contribution in [3.63, 3.8) is 0 Å². The van der Waals surface area contributed by atoms with E-state index in [-0.39, 0.29) is 5.82 Å². The zero-order chi connectivity index (χ0) is 12.4. The lowest BCUT2D eigenvalue weighted by Crippen LogP contribution is -2.01. The van der Waals surface area contributed by atoms with Crippen LogP contribution >= 0.6 is 11.6 Å². The summed E-state index contributed by atoms with van der Waals surface area (Å²) in [5.41, 5.74) is 9.11. The number of nitrogens with two attached hydrogens (primary N) is 1. The number of hydrogen-bond donors (Lipinski definition) is 1. The number of aryl methyl sites for hydroxylation is 1. The Balaban J connectivity index is 2.66. The molecular formula is C13H12ClFN2. The highest BCUT2D eigenvalue weighted by molar-refractivity contribution is 6.29. The minimum Gasteiger partial charge on any atom is -0.326 e. The van der Waals surface area contributed by atoms with Gasteiger partial charge in [-0.25, -0.2) is 9.37 Å². The van der Waals surface area contributed by atoms with Gasteiger partial charge in [-0.15, -0.1) is 0 Å². The highest BCUT2D eigenvalue weighted by Crippen LogP contribution is 2.28. The molecule has 0 aliphatic heterocycles. The normalized spacial score (nSPS) is 10.6. The van der Waals surface area contributed by atoms with Gasteiger partial charge < -0.3 is 5.73 Å². The number of benzene rings is 1. The Bertz CT molecular complexity index is 555. The molecule has 1 heterocycles. The Morgan fingerprint density at radius 2 is 2.06 bits per heavy atom. The molecule has 4 heteroatoms. The number of nitrogens with zero attached hydrogens (tertiary/aromatic N) is 1. The second kappa shape index (κ2) is 4.82. The largest absolute Gasteiger partial charge is 0.326 e. The molecule has 0 saturated heterocycles. The zero-order valence-corrected chi connectivity index (χ0v) is 10.1. The van der Waals surface area contributed by atoms with E-state index in [0.29, 0.717) is 11.7 Å². The molecule has 2 nitrogen and oxygen atoms in total. The van der Waals surface area contributed by atoms with Crippen molar-refractivity contribution in [1.29, 1.82) is 0 Å². The molecule has 0 atom stereocenters. The van der Waals surface area contributed by atoms with Gasteiger partial charge in [-0.1, -0.05) is 17.7 Å². The fourth-order valence-electron chi connectivity index (χ4n) is 1.76. The average molecular weight is 251 g/mol. The molecule has 0 spiro atoms. The van der Waals surface area contributed by atoms with Crippen LogP contribution < -0.4 is 5.73 Å². The fourth-order valence-corrected chi connectivity index (χ4v) is 1.91. The predicted molar refractivity (Wildman–Crippen MR) is 67.3 cm³/mol. The predicted octanol–water partition coefficient (Wildman–Crippen LogP) is 3.31. The van der Waals surface area contributed by atoms with Gasteiger partial charge in [0.1, 0.15) is 11.0 Å². The van der Waals surface area contributed by atoms with Crippen LogP contribution in [-0.2, 0) is 6.54 Å². The molecule has 17 heavy (non-hydrogen) atoms. The summed E-state index contributed by atoms with van der Waals surface area (Å²) in [7, 11) is 0. The van der Waals surface area contributed by atoms with Crippen molar-refractivity contribution in [3.8, 4) is 11.1 Å². The van der Waals surface area contributed by atoms with Crippen LogP contribution in [0.25, 0.3) is 11.1 Å². The third-order valence-corrected chi connectivity index (χ3v) is 2.87. The van der Waals surface area contributed by atoms with Crippen LogP contribution in [0.2, 0.25) is 5.15 Å². The van der Waals surface area contributed by atoms with Crippen LogP contribution in [0.4, 0.5) is 4.39 Å². The third kappa shape index (κ3) is 2.46. The van der Waals surface area contributed by atoms with E-state index in [1.165, 1.54) is 12.1 Å². The first-order chi connectivity index (χ1) is 8.11. The fraction of sp³-hybridized carbons (Fsp3) is 0.154. The summed E-state index contributed by atoms with van der Waals surface area (Å²) in [6.07, 6.45) is 1.63. The standard InChI is InChI=1S/C13H12ClFN2/c1-8-2-3-10(15)4-11(8)12-5-13(14)17-7-9(12)6-16/h2-5,7H,6,16H2,1H3. The smallest absolute Gasteiger partial charge is 0.129 e. The van der Waals surface area contributed by atoms with Crippen LogP contribution in [0.5, 0.6) is 0 Å². The molecule has 1 aromatic carbocycles. The van der Waals surface area contributed by atoms with Crippen molar-refractivity contribution < 1.29 is 4.39 Å². The molecule has 1 aromatic heterocycles. The lowest BCUT2D eigenvalue weighted by Gasteiger charge is -2.11. The molecule has 0 aliphatic rings. The van der Waals surface area contributed by atoms with Crippen molar-refractivity contribution in [3.05, 3.63) is 52.6 Å². The monoisotopic (exact) mass is 250 g/mol. The van der Waals surface area contributed by atoms with Gasteiger partial charge in [-0.3, -0.25) is 0 Å². The molecule has 0 unspecified atom stereocenters. The van der Waals surface area contributed by atoms with Gasteiger partial charge in [0.25, 0.3) is 0 Å². The molecular weight excluding hydrogens is 239 g/mol. The Kier molecular flexibility index (Phi) is 3.41. The minimum absolute atomic E-state index is 0.276. The second-order valence-electron chi connectivity index (χ2n) is 3.83. The summed E-state index contributed by atoms with van der Waals surface area (Å²) < 4.78 is 13.3. The van der Waals surface area contributed by atoms with E-state index in [2.05, 4.69) is 4.98 Å². The molecule has 2 rings (SSSR count). The van der Waals surface area contributed by atoms with Gasteiger partial charge in [-0.05, 0) is 47.4 Å². The molecule has 2 N–H and O–H groups in total. The van der Waals surface area contributed by atoms with Crippen molar-refractivity contribution in [1.82, 2.24) is 4.98 Å². The van der Waals surface area contributed by atoms with Gasteiger partial charge in [0, 0.05) is 12.7 Å². The van der Waals surface area contributed by atoms with E-state index < -0.39 is 0 Å². The maximum atomic E-state index is 13.3. The van der Waals surface area contributed by atoms with Gasteiger partial charge in [0.15, 0.2) is 0 Å². The number of hydrogen-bond acceptors (Lipinski definition) is 2. The van der Waals surface area contributed by atoms with Gasteiger partial charge in [0.05, 0.1) is 0 Å². The zero-order valence-electron chi connectivity index (χ0n) is 9.37. The van der Waals surface area contributed by atoms with Crippen LogP contribution in [0.15, 0.2) is 30.5 Å². The van der Waals surface area contributed by atoms with E-state index in [9.17, 15) is 4.39 Å². The summed E-state index contributed by atoms with van der Waals surface area (Å²) in [4.78, 5) is 3.98. The van der Waals surface area contributed by atoms with Crippen LogP contribution in [-0.4, -0.2) is 4.98 Å². The number of halogens is 2. The van der Waals surface area contributed by atoms with Crippen LogP contribution in [0, 0.1) is 12.7 Å². The second-order valence-corrected chi connectivity index (χ2v) is 4.21. The van der Waals surface area contributed by atoms with E-state index in [1.54, 1.807) is 18.3 Å². The Labute approximate surface area is 104 Å². The maximum absolute atomic E-state index is 13.3. The molecule has 0 bridgehead atoms. The number of rotatable bonds is 2. The molecule has 2 aromatic rings. The average Bonchev–Trinajstić information content (AvgIpc) is 2.32. The van der Waals surface area contributed by atoms with Crippen molar-refractivity contribution in [2.75, 3.05) is 0 Å². The first kappa shape index (κ1) is 12.0. The lowest BCUT2D eigenvalue weighted by atomic mass is 9.97. The summed E-state index contributed by atoms with van der Waals surface area (Å²) in [6.45, 7) is 2.26. The Hall–Kier alpha value is -1.45. The van der Waals surface area contributed by atoms with Gasteiger partial charge in [0.2, 0.25) is 0 Å². The summed E-state index contributed by atoms with van der Waals surface area (Å²) in [6, 6.07) is 6.37. The van der Waals surface area contributed by atoms with E-state index >= 15 is 0 Å². The molecule has 88 valence electrons. The topological polar surface area (TPSA) is 38.9 Å². The maximum Gasteiger partial charge on any atom is 0.129 e. The summed E-state index contributed by atoms with van der Waals surface area (Å²) in [5, 5.41) is 0.376. The number of pyridine rings is 1. The van der Waals surface area contributed by atoms with Crippen molar-refractivity contribution in [2.45, 2.75) is 13.5 Å². The molecule has 0 saturated carbocycles. The van der Waals surface area contributed by atoms with Crippen molar-refractivity contribution >= 4 is 11.6 Å². The van der Waals surface area contributed by atoms with Gasteiger partial charge in [-0.2, -0.15) is 0 Å². The lowest BCUT2D eigenvalue weighted by molar-refractivity contribution is 0.628. The quantitative estimate of drug-likeness (QED) is 0.831. The highest BCUT2D eigenvalue weighted by Gasteiger charge is 2.09. The summed E-state index contributed by atoms with van der Waals surface area (Å²) >= 11 is 5.87. The third-order valence-electron chi connectivity index (χ3n) is 2.66. The van der Waals surface area contributed by atoms with E-state index in [1.807, 2.05) is 6.92 Å².